The lowest BCUT2D eigenvalue weighted by molar-refractivity contribution is 0.584. The van der Waals surface area contributed by atoms with Gasteiger partial charge in [-0.2, -0.15) is 0 Å². The van der Waals surface area contributed by atoms with Gasteiger partial charge in [0.15, 0.2) is 0 Å². The van der Waals surface area contributed by atoms with Gasteiger partial charge in [-0.3, -0.25) is 4.98 Å². The third-order valence-corrected chi connectivity index (χ3v) is 3.59. The monoisotopic (exact) mass is 270 g/mol. The van der Waals surface area contributed by atoms with Crippen LogP contribution in [-0.4, -0.2) is 32.0 Å². The van der Waals surface area contributed by atoms with E-state index in [1.54, 1.807) is 0 Å². The summed E-state index contributed by atoms with van der Waals surface area (Å²) in [6.45, 7) is 7.50. The van der Waals surface area contributed by atoms with Gasteiger partial charge in [0.25, 0.3) is 0 Å². The number of sulfone groups is 1. The van der Waals surface area contributed by atoms with Crippen LogP contribution in [0, 0.1) is 0 Å². The van der Waals surface area contributed by atoms with E-state index in [9.17, 15) is 8.42 Å². The highest BCUT2D eigenvalue weighted by atomic mass is 32.2. The minimum atomic E-state index is -2.89. The van der Waals surface area contributed by atoms with Crippen molar-refractivity contribution < 1.29 is 8.42 Å². The molecule has 18 heavy (non-hydrogen) atoms. The maximum absolute atomic E-state index is 10.9. The third-order valence-electron chi connectivity index (χ3n) is 2.65. The third kappa shape index (κ3) is 5.60. The van der Waals surface area contributed by atoms with E-state index in [-0.39, 0.29) is 11.2 Å². The standard InChI is InChI=1S/C13H22N2O2S/c1-13(2,3)11-5-6-12(15-9-11)10-14-7-8-18(4,16)17/h5-6,9,14H,7-8,10H2,1-4H3. The molecule has 0 atom stereocenters. The van der Waals surface area contributed by atoms with Gasteiger partial charge in [-0.1, -0.05) is 26.8 Å². The molecule has 1 aromatic rings. The summed E-state index contributed by atoms with van der Waals surface area (Å²) >= 11 is 0. The summed E-state index contributed by atoms with van der Waals surface area (Å²) in [5.74, 6) is 0.160. The molecular formula is C13H22N2O2S. The maximum atomic E-state index is 10.9. The Bertz CT molecular complexity index is 473. The van der Waals surface area contributed by atoms with E-state index in [4.69, 9.17) is 0 Å². The van der Waals surface area contributed by atoms with Gasteiger partial charge in [0.05, 0.1) is 11.4 Å². The first-order chi connectivity index (χ1) is 8.18. The van der Waals surface area contributed by atoms with Gasteiger partial charge in [0, 0.05) is 25.5 Å². The largest absolute Gasteiger partial charge is 0.310 e. The van der Waals surface area contributed by atoms with Crippen molar-refractivity contribution in [3.05, 3.63) is 29.6 Å². The SMILES string of the molecule is CC(C)(C)c1ccc(CNCCS(C)(=O)=O)nc1. The molecule has 4 nitrogen and oxygen atoms in total. The normalized spacial score (nSPS) is 12.7. The molecular weight excluding hydrogens is 248 g/mol. The van der Waals surface area contributed by atoms with Crippen molar-refractivity contribution in [2.45, 2.75) is 32.7 Å². The molecule has 1 rings (SSSR count). The van der Waals surface area contributed by atoms with Crippen molar-refractivity contribution in [3.63, 3.8) is 0 Å². The van der Waals surface area contributed by atoms with Gasteiger partial charge in [0.1, 0.15) is 9.84 Å². The van der Waals surface area contributed by atoms with Crippen LogP contribution < -0.4 is 5.32 Å². The van der Waals surface area contributed by atoms with Gasteiger partial charge >= 0.3 is 0 Å². The van der Waals surface area contributed by atoms with Crippen molar-refractivity contribution in [2.24, 2.45) is 0 Å². The molecule has 1 N–H and O–H groups in total. The van der Waals surface area contributed by atoms with Crippen LogP contribution >= 0.6 is 0 Å². The molecule has 0 radical (unpaired) electrons. The van der Waals surface area contributed by atoms with Crippen LogP contribution in [-0.2, 0) is 21.8 Å². The van der Waals surface area contributed by atoms with E-state index in [1.807, 2.05) is 12.3 Å². The minimum Gasteiger partial charge on any atom is -0.310 e. The van der Waals surface area contributed by atoms with Crippen molar-refractivity contribution in [3.8, 4) is 0 Å². The Balaban J connectivity index is 2.45. The summed E-state index contributed by atoms with van der Waals surface area (Å²) in [6, 6.07) is 4.05. The van der Waals surface area contributed by atoms with Crippen LogP contribution in [0.3, 0.4) is 0 Å². The molecule has 0 aliphatic rings. The maximum Gasteiger partial charge on any atom is 0.148 e. The Morgan fingerprint density at radius 1 is 1.28 bits per heavy atom. The van der Waals surface area contributed by atoms with E-state index in [1.165, 1.54) is 11.8 Å². The number of hydrogen-bond donors (Lipinski definition) is 1. The molecule has 0 aromatic carbocycles. The number of aromatic nitrogens is 1. The fourth-order valence-corrected chi connectivity index (χ4v) is 1.96. The van der Waals surface area contributed by atoms with Crippen LogP contribution in [0.2, 0.25) is 0 Å². The van der Waals surface area contributed by atoms with Gasteiger partial charge < -0.3 is 5.32 Å². The van der Waals surface area contributed by atoms with Crippen molar-refractivity contribution >= 4 is 9.84 Å². The predicted octanol–water partition coefficient (Wildman–Crippen LogP) is 1.51. The fraction of sp³-hybridized carbons (Fsp3) is 0.615. The second-order valence-electron chi connectivity index (χ2n) is 5.59. The molecule has 1 aromatic heterocycles. The molecule has 0 unspecified atom stereocenters. The minimum absolute atomic E-state index is 0.106. The van der Waals surface area contributed by atoms with Gasteiger partial charge in [-0.15, -0.1) is 0 Å². The van der Waals surface area contributed by atoms with Crippen LogP contribution in [0.4, 0.5) is 0 Å². The first-order valence-corrected chi connectivity index (χ1v) is 8.08. The second-order valence-corrected chi connectivity index (χ2v) is 7.85. The zero-order valence-corrected chi connectivity index (χ0v) is 12.3. The summed E-state index contributed by atoms with van der Waals surface area (Å²) in [7, 11) is -2.89. The van der Waals surface area contributed by atoms with Gasteiger partial charge in [0.2, 0.25) is 0 Å². The molecule has 0 saturated heterocycles. The number of rotatable bonds is 5. The number of pyridine rings is 1. The summed E-state index contributed by atoms with van der Waals surface area (Å²) in [4.78, 5) is 4.37. The number of nitrogens with zero attached hydrogens (tertiary/aromatic N) is 1. The Morgan fingerprint density at radius 3 is 2.39 bits per heavy atom. The summed E-state index contributed by atoms with van der Waals surface area (Å²) < 4.78 is 21.9. The molecule has 0 amide bonds. The number of hydrogen-bond acceptors (Lipinski definition) is 4. The van der Waals surface area contributed by atoms with Crippen molar-refractivity contribution in [1.29, 1.82) is 0 Å². The Labute approximate surface area is 110 Å². The van der Waals surface area contributed by atoms with Crippen LogP contribution in [0.1, 0.15) is 32.0 Å². The average Bonchev–Trinajstić information content (AvgIpc) is 2.22. The van der Waals surface area contributed by atoms with E-state index in [0.717, 1.165) is 5.69 Å². The summed E-state index contributed by atoms with van der Waals surface area (Å²) in [6.07, 6.45) is 3.12. The highest BCUT2D eigenvalue weighted by Gasteiger charge is 2.13. The molecule has 102 valence electrons. The van der Waals surface area contributed by atoms with Crippen LogP contribution in [0.5, 0.6) is 0 Å². The Morgan fingerprint density at radius 2 is 1.94 bits per heavy atom. The van der Waals surface area contributed by atoms with Crippen molar-refractivity contribution in [2.75, 3.05) is 18.6 Å². The fourth-order valence-electron chi connectivity index (χ4n) is 1.45. The molecule has 5 heteroatoms. The lowest BCUT2D eigenvalue weighted by Crippen LogP contribution is -2.22. The summed E-state index contributed by atoms with van der Waals surface area (Å²) in [5.41, 5.74) is 2.23. The molecule has 0 aliphatic carbocycles. The van der Waals surface area contributed by atoms with Crippen LogP contribution in [0.15, 0.2) is 18.3 Å². The Kier molecular flexibility index (Phi) is 4.87. The predicted molar refractivity (Wildman–Crippen MR) is 74.4 cm³/mol. The van der Waals surface area contributed by atoms with E-state index >= 15 is 0 Å². The second kappa shape index (κ2) is 5.80. The highest BCUT2D eigenvalue weighted by Crippen LogP contribution is 2.20. The molecule has 0 saturated carbocycles. The zero-order chi connectivity index (χ0) is 13.8. The van der Waals surface area contributed by atoms with Crippen LogP contribution in [0.25, 0.3) is 0 Å². The lowest BCUT2D eigenvalue weighted by atomic mass is 9.88. The Hall–Kier alpha value is -0.940. The quantitative estimate of drug-likeness (QED) is 0.824. The lowest BCUT2D eigenvalue weighted by Gasteiger charge is -2.18. The van der Waals surface area contributed by atoms with E-state index in [2.05, 4.69) is 37.1 Å². The summed E-state index contributed by atoms with van der Waals surface area (Å²) in [5, 5.41) is 3.07. The van der Waals surface area contributed by atoms with Gasteiger partial charge in [-0.05, 0) is 17.0 Å². The molecule has 0 aliphatic heterocycles. The molecule has 0 bridgehead atoms. The molecule has 1 heterocycles. The number of nitrogens with one attached hydrogen (secondary N) is 1. The highest BCUT2D eigenvalue weighted by molar-refractivity contribution is 7.90. The van der Waals surface area contributed by atoms with Gasteiger partial charge in [-0.25, -0.2) is 8.42 Å². The van der Waals surface area contributed by atoms with E-state index in [0.29, 0.717) is 13.1 Å². The van der Waals surface area contributed by atoms with Crippen molar-refractivity contribution in [1.82, 2.24) is 10.3 Å². The zero-order valence-electron chi connectivity index (χ0n) is 11.5. The van der Waals surface area contributed by atoms with E-state index < -0.39 is 9.84 Å². The first-order valence-electron chi connectivity index (χ1n) is 6.02. The topological polar surface area (TPSA) is 59.1 Å². The average molecular weight is 270 g/mol. The smallest absolute Gasteiger partial charge is 0.148 e. The molecule has 0 spiro atoms. The first kappa shape index (κ1) is 15.1. The molecule has 0 fully saturated rings.